The zero-order valence-electron chi connectivity index (χ0n) is 19.0. The maximum atomic E-state index is 17.3. The minimum absolute atomic E-state index is 0.158. The van der Waals surface area contributed by atoms with Crippen LogP contribution in [0.2, 0.25) is 5.02 Å². The average molecular weight is 473 g/mol. The highest BCUT2D eigenvalue weighted by molar-refractivity contribution is 6.30. The van der Waals surface area contributed by atoms with Crippen molar-refractivity contribution in [1.29, 1.82) is 0 Å². The van der Waals surface area contributed by atoms with Crippen LogP contribution in [0, 0.1) is 6.92 Å². The molecule has 2 aromatic carbocycles. The molecule has 1 unspecified atom stereocenters. The molecule has 0 N–H and O–H groups in total. The third-order valence-electron chi connectivity index (χ3n) is 6.18. The third kappa shape index (κ3) is 3.51. The number of aromatic nitrogens is 4. The highest BCUT2D eigenvalue weighted by Crippen LogP contribution is 2.41. The van der Waals surface area contributed by atoms with Gasteiger partial charge in [0.1, 0.15) is 0 Å². The maximum Gasteiger partial charge on any atom is 0.251 e. The number of benzene rings is 2. The van der Waals surface area contributed by atoms with Gasteiger partial charge >= 0.3 is 0 Å². The highest BCUT2D eigenvalue weighted by atomic mass is 35.5. The van der Waals surface area contributed by atoms with Crippen molar-refractivity contribution >= 4 is 22.6 Å². The maximum absolute atomic E-state index is 17.3. The number of imidazole rings is 1. The van der Waals surface area contributed by atoms with Gasteiger partial charge in [0, 0.05) is 36.3 Å². The first-order valence-corrected chi connectivity index (χ1v) is 11.2. The van der Waals surface area contributed by atoms with Crippen molar-refractivity contribution in [2.45, 2.75) is 12.6 Å². The molecule has 5 nitrogen and oxygen atoms in total. The summed E-state index contributed by atoms with van der Waals surface area (Å²) in [5, 5.41) is 0.513. The fraction of sp³-hybridized carbons (Fsp3) is 0.148. The van der Waals surface area contributed by atoms with Crippen LogP contribution in [0.3, 0.4) is 0 Å². The van der Waals surface area contributed by atoms with E-state index in [4.69, 9.17) is 16.6 Å². The number of nitrogens with zero attached hydrogens (tertiary/aromatic N) is 4. The van der Waals surface area contributed by atoms with Gasteiger partial charge in [0.2, 0.25) is 5.67 Å². The first-order valence-electron chi connectivity index (χ1n) is 10.8. The lowest BCUT2D eigenvalue weighted by Gasteiger charge is -2.26. The summed E-state index contributed by atoms with van der Waals surface area (Å²) < 4.78 is 20.5. The summed E-state index contributed by atoms with van der Waals surface area (Å²) in [5.74, 6) is 0. The van der Waals surface area contributed by atoms with Gasteiger partial charge in [-0.15, -0.1) is 0 Å². The summed E-state index contributed by atoms with van der Waals surface area (Å²) in [6, 6.07) is 19.4. The Morgan fingerprint density at radius 3 is 2.44 bits per heavy atom. The molecule has 3 heterocycles. The van der Waals surface area contributed by atoms with E-state index in [1.54, 1.807) is 67.5 Å². The van der Waals surface area contributed by atoms with Gasteiger partial charge < -0.3 is 9.13 Å². The zero-order valence-corrected chi connectivity index (χ0v) is 19.7. The molecule has 0 saturated heterocycles. The van der Waals surface area contributed by atoms with Crippen LogP contribution in [-0.4, -0.2) is 19.1 Å². The summed E-state index contributed by atoms with van der Waals surface area (Å²) in [6.07, 6.45) is 3.06. The summed E-state index contributed by atoms with van der Waals surface area (Å²) in [4.78, 5) is 21.7. The number of halogens is 2. The van der Waals surface area contributed by atoms with Crippen molar-refractivity contribution in [3.63, 3.8) is 0 Å². The van der Waals surface area contributed by atoms with E-state index in [2.05, 4.69) is 4.98 Å². The van der Waals surface area contributed by atoms with E-state index in [0.717, 1.165) is 11.1 Å². The Morgan fingerprint density at radius 2 is 1.76 bits per heavy atom. The molecule has 170 valence electrons. The van der Waals surface area contributed by atoms with E-state index in [1.165, 1.54) is 10.8 Å². The van der Waals surface area contributed by atoms with E-state index in [9.17, 15) is 4.79 Å². The molecule has 0 aliphatic carbocycles. The Labute approximate surface area is 201 Å². The molecule has 0 radical (unpaired) electrons. The minimum Gasteiger partial charge on any atom is -0.334 e. The topological polar surface area (TPSA) is 52.7 Å². The molecule has 0 bridgehead atoms. The van der Waals surface area contributed by atoms with Gasteiger partial charge in [-0.2, -0.15) is 0 Å². The number of rotatable bonds is 4. The molecule has 0 saturated carbocycles. The fourth-order valence-corrected chi connectivity index (χ4v) is 4.47. The molecule has 0 amide bonds. The van der Waals surface area contributed by atoms with Gasteiger partial charge in [0.25, 0.3) is 5.56 Å². The van der Waals surface area contributed by atoms with Crippen LogP contribution in [0.25, 0.3) is 22.2 Å². The van der Waals surface area contributed by atoms with Gasteiger partial charge in [0.15, 0.2) is 0 Å². The van der Waals surface area contributed by atoms with Crippen LogP contribution in [0.5, 0.6) is 0 Å². The van der Waals surface area contributed by atoms with Crippen LogP contribution in [0.4, 0.5) is 4.39 Å². The lowest BCUT2D eigenvalue weighted by molar-refractivity contribution is 0.260. The van der Waals surface area contributed by atoms with Gasteiger partial charge in [0.05, 0.1) is 34.9 Å². The molecular weight excluding hydrogens is 451 g/mol. The second-order valence-corrected chi connectivity index (χ2v) is 8.88. The van der Waals surface area contributed by atoms with Crippen LogP contribution in [0.1, 0.15) is 22.5 Å². The molecule has 3 aromatic heterocycles. The molecule has 5 aromatic rings. The Morgan fingerprint density at radius 1 is 1.00 bits per heavy atom. The fourth-order valence-electron chi connectivity index (χ4n) is 4.35. The number of pyridine rings is 2. The Kier molecular flexibility index (Phi) is 5.33. The van der Waals surface area contributed by atoms with Gasteiger partial charge in [-0.1, -0.05) is 53.6 Å². The van der Waals surface area contributed by atoms with Crippen LogP contribution >= 0.6 is 11.6 Å². The number of hydrogen-bond acceptors (Lipinski definition) is 3. The summed E-state index contributed by atoms with van der Waals surface area (Å²) in [5.41, 5.74) is 2.39. The molecule has 7 heteroatoms. The predicted octanol–water partition coefficient (Wildman–Crippen LogP) is 5.56. The quantitative estimate of drug-likeness (QED) is 0.344. The van der Waals surface area contributed by atoms with E-state index < -0.39 is 5.67 Å². The van der Waals surface area contributed by atoms with E-state index in [-0.39, 0.29) is 11.3 Å². The van der Waals surface area contributed by atoms with Gasteiger partial charge in [-0.3, -0.25) is 4.79 Å². The van der Waals surface area contributed by atoms with Crippen LogP contribution < -0.4 is 5.56 Å². The van der Waals surface area contributed by atoms with Crippen LogP contribution in [0.15, 0.2) is 84.0 Å². The second-order valence-electron chi connectivity index (χ2n) is 8.44. The van der Waals surface area contributed by atoms with E-state index >= 15 is 4.39 Å². The van der Waals surface area contributed by atoms with Crippen molar-refractivity contribution in [3.05, 3.63) is 117 Å². The summed E-state index contributed by atoms with van der Waals surface area (Å²) in [6.45, 7) is 1.99. The standard InChI is InChI=1S/C27H22ClFN4O/c1-17-5-4-6-18(13-17)21-14-25(34)33(3)22-11-12-23(31-26(21)22)27(29,24-15-30-16-32(24)2)19-7-9-20(28)10-8-19/h4-16H,1-3H3. The smallest absolute Gasteiger partial charge is 0.251 e. The SMILES string of the molecule is Cc1cccc(-c2cc(=O)n(C)c3ccc(C(F)(c4ccc(Cl)cc4)c4cncn4C)nc23)c1. The van der Waals surface area contributed by atoms with E-state index in [0.29, 0.717) is 32.9 Å². The van der Waals surface area contributed by atoms with Crippen LogP contribution in [-0.2, 0) is 19.8 Å². The van der Waals surface area contributed by atoms with Crippen molar-refractivity contribution in [2.75, 3.05) is 0 Å². The molecular formula is C27H22ClFN4O. The molecule has 1 atom stereocenters. The van der Waals surface area contributed by atoms with Crippen molar-refractivity contribution in [2.24, 2.45) is 14.1 Å². The second kappa shape index (κ2) is 8.22. The molecule has 0 aliphatic heterocycles. The number of aryl methyl sites for hydroxylation is 3. The van der Waals surface area contributed by atoms with Gasteiger partial charge in [-0.25, -0.2) is 14.4 Å². The average Bonchev–Trinajstić information content (AvgIpc) is 3.27. The monoisotopic (exact) mass is 472 g/mol. The van der Waals surface area contributed by atoms with E-state index in [1.807, 2.05) is 31.2 Å². The number of fused-ring (bicyclic) bond motifs is 1. The van der Waals surface area contributed by atoms with Crippen molar-refractivity contribution in [3.8, 4) is 11.1 Å². The molecule has 0 fully saturated rings. The normalized spacial score (nSPS) is 13.2. The largest absolute Gasteiger partial charge is 0.334 e. The van der Waals surface area contributed by atoms with Crippen molar-refractivity contribution in [1.82, 2.24) is 19.1 Å². The first kappa shape index (κ1) is 22.0. The third-order valence-corrected chi connectivity index (χ3v) is 6.43. The Balaban J connectivity index is 1.84. The predicted molar refractivity (Wildman–Crippen MR) is 133 cm³/mol. The minimum atomic E-state index is -2.09. The molecule has 0 spiro atoms. The number of alkyl halides is 1. The Hall–Kier alpha value is -3.77. The molecule has 0 aliphatic rings. The lowest BCUT2D eigenvalue weighted by atomic mass is 9.88. The summed E-state index contributed by atoms with van der Waals surface area (Å²) in [7, 11) is 3.44. The first-order chi connectivity index (χ1) is 16.3. The van der Waals surface area contributed by atoms with Gasteiger partial charge in [-0.05, 0) is 36.8 Å². The highest BCUT2D eigenvalue weighted by Gasteiger charge is 2.41. The number of hydrogen-bond donors (Lipinski definition) is 0. The lowest BCUT2D eigenvalue weighted by Crippen LogP contribution is -2.28. The zero-order chi connectivity index (χ0) is 24.0. The Bertz CT molecular complexity index is 1590. The van der Waals surface area contributed by atoms with Crippen molar-refractivity contribution < 1.29 is 4.39 Å². The summed E-state index contributed by atoms with van der Waals surface area (Å²) >= 11 is 6.09. The molecule has 34 heavy (non-hydrogen) atoms. The molecule has 5 rings (SSSR count).